The summed E-state index contributed by atoms with van der Waals surface area (Å²) in [5.41, 5.74) is 0.400. The van der Waals surface area contributed by atoms with Crippen molar-refractivity contribution in [2.24, 2.45) is 0 Å². The number of benzene rings is 1. The third kappa shape index (κ3) is 2.97. The van der Waals surface area contributed by atoms with Crippen molar-refractivity contribution < 1.29 is 13.0 Å². The summed E-state index contributed by atoms with van der Waals surface area (Å²) in [5.74, 6) is 0. The van der Waals surface area contributed by atoms with E-state index in [0.29, 0.717) is 10.9 Å². The van der Waals surface area contributed by atoms with Crippen molar-refractivity contribution in [1.82, 2.24) is 9.97 Å². The van der Waals surface area contributed by atoms with E-state index in [-0.39, 0.29) is 27.7 Å². The first kappa shape index (κ1) is 14.4. The predicted molar refractivity (Wildman–Crippen MR) is 66.6 cm³/mol. The highest BCUT2D eigenvalue weighted by Gasteiger charge is 2.12. The standard InChI is InChI=1S/C8H4Cl2N2O3S.ClH/c9-7-5-3-4(16(13,14)15)1-2-6(5)11-8(10)12-7;/h1-3H,(H,13,14,15);1H. The van der Waals surface area contributed by atoms with Crippen molar-refractivity contribution in [3.8, 4) is 0 Å². The molecule has 1 aromatic carbocycles. The fourth-order valence-electron chi connectivity index (χ4n) is 1.20. The van der Waals surface area contributed by atoms with Crippen LogP contribution >= 0.6 is 35.6 Å². The van der Waals surface area contributed by atoms with Crippen LogP contribution in [0.3, 0.4) is 0 Å². The highest BCUT2D eigenvalue weighted by molar-refractivity contribution is 7.85. The number of halogens is 3. The van der Waals surface area contributed by atoms with Crippen molar-refractivity contribution in [3.63, 3.8) is 0 Å². The second-order valence-electron chi connectivity index (χ2n) is 2.94. The molecule has 0 bridgehead atoms. The molecule has 9 heteroatoms. The second-order valence-corrected chi connectivity index (χ2v) is 5.06. The smallest absolute Gasteiger partial charge is 0.282 e. The highest BCUT2D eigenvalue weighted by Crippen LogP contribution is 2.24. The van der Waals surface area contributed by atoms with Crippen LogP contribution in [0.2, 0.25) is 10.4 Å². The number of nitrogens with zero attached hydrogens (tertiary/aromatic N) is 2. The summed E-state index contributed by atoms with van der Waals surface area (Å²) in [4.78, 5) is 7.25. The molecular weight excluding hydrogens is 311 g/mol. The summed E-state index contributed by atoms with van der Waals surface area (Å²) in [5, 5.41) is 0.304. The van der Waals surface area contributed by atoms with Gasteiger partial charge in [-0.25, -0.2) is 9.97 Å². The van der Waals surface area contributed by atoms with Crippen LogP contribution in [0.25, 0.3) is 10.9 Å². The van der Waals surface area contributed by atoms with Gasteiger partial charge < -0.3 is 0 Å². The Bertz CT molecular complexity index is 675. The lowest BCUT2D eigenvalue weighted by Gasteiger charge is -2.02. The Morgan fingerprint density at radius 2 is 1.82 bits per heavy atom. The molecule has 0 atom stereocenters. The Kier molecular flexibility index (Phi) is 4.16. The van der Waals surface area contributed by atoms with Crippen LogP contribution in [0.15, 0.2) is 23.1 Å². The van der Waals surface area contributed by atoms with Crippen molar-refractivity contribution in [2.75, 3.05) is 0 Å². The molecule has 2 rings (SSSR count). The molecule has 92 valence electrons. The zero-order valence-electron chi connectivity index (χ0n) is 7.96. The molecule has 0 radical (unpaired) electrons. The molecule has 17 heavy (non-hydrogen) atoms. The zero-order chi connectivity index (χ0) is 11.9. The summed E-state index contributed by atoms with van der Waals surface area (Å²) in [6.07, 6.45) is 0. The first-order valence-electron chi connectivity index (χ1n) is 3.98. The van der Waals surface area contributed by atoms with E-state index in [0.717, 1.165) is 0 Å². The van der Waals surface area contributed by atoms with Crippen LogP contribution in [0, 0.1) is 0 Å². The van der Waals surface area contributed by atoms with E-state index in [1.807, 2.05) is 0 Å². The topological polar surface area (TPSA) is 80.2 Å². The van der Waals surface area contributed by atoms with Crippen LogP contribution in [-0.2, 0) is 10.1 Å². The summed E-state index contributed by atoms with van der Waals surface area (Å²) in [6.45, 7) is 0. The molecule has 1 N–H and O–H groups in total. The summed E-state index contributed by atoms with van der Waals surface area (Å²) in [7, 11) is -4.27. The molecule has 1 aromatic heterocycles. The van der Waals surface area contributed by atoms with Gasteiger partial charge in [0.1, 0.15) is 5.15 Å². The van der Waals surface area contributed by atoms with Gasteiger partial charge in [-0.1, -0.05) is 11.6 Å². The lowest BCUT2D eigenvalue weighted by molar-refractivity contribution is 0.483. The maximum Gasteiger partial charge on any atom is 0.294 e. The van der Waals surface area contributed by atoms with Gasteiger partial charge in [-0.2, -0.15) is 8.42 Å². The molecule has 0 amide bonds. The quantitative estimate of drug-likeness (QED) is 0.497. The van der Waals surface area contributed by atoms with Crippen LogP contribution in [0.1, 0.15) is 0 Å². The number of fused-ring (bicyclic) bond motifs is 1. The molecule has 1 heterocycles. The van der Waals surface area contributed by atoms with Crippen molar-refractivity contribution in [2.45, 2.75) is 4.90 Å². The molecule has 0 fully saturated rings. The van der Waals surface area contributed by atoms with Gasteiger partial charge in [-0.3, -0.25) is 4.55 Å². The molecule has 5 nitrogen and oxygen atoms in total. The Hall–Kier alpha value is -0.660. The van der Waals surface area contributed by atoms with Gasteiger partial charge in [0.05, 0.1) is 10.4 Å². The number of rotatable bonds is 1. The first-order chi connectivity index (χ1) is 7.38. The van der Waals surface area contributed by atoms with Gasteiger partial charge in [-0.05, 0) is 29.8 Å². The average molecular weight is 316 g/mol. The van der Waals surface area contributed by atoms with Gasteiger partial charge in [0, 0.05) is 5.39 Å². The number of aromatic nitrogens is 2. The largest absolute Gasteiger partial charge is 0.294 e. The zero-order valence-corrected chi connectivity index (χ0v) is 11.1. The average Bonchev–Trinajstić information content (AvgIpc) is 2.15. The van der Waals surface area contributed by atoms with Crippen molar-refractivity contribution >= 4 is 56.6 Å². The van der Waals surface area contributed by atoms with E-state index < -0.39 is 10.1 Å². The Morgan fingerprint density at radius 1 is 1.18 bits per heavy atom. The van der Waals surface area contributed by atoms with Gasteiger partial charge >= 0.3 is 0 Å². The van der Waals surface area contributed by atoms with E-state index in [2.05, 4.69) is 9.97 Å². The summed E-state index contributed by atoms with van der Waals surface area (Å²) < 4.78 is 30.7. The number of hydrogen-bond acceptors (Lipinski definition) is 4. The lowest BCUT2D eigenvalue weighted by atomic mass is 10.2. The van der Waals surface area contributed by atoms with Gasteiger partial charge in [-0.15, -0.1) is 12.4 Å². The minimum absolute atomic E-state index is 0. The summed E-state index contributed by atoms with van der Waals surface area (Å²) >= 11 is 11.4. The SMILES string of the molecule is Cl.O=S(=O)(O)c1ccc2nc(Cl)nc(Cl)c2c1. The predicted octanol–water partition coefficient (Wildman–Crippen LogP) is 2.61. The van der Waals surface area contributed by atoms with E-state index in [1.54, 1.807) is 0 Å². The molecule has 2 aromatic rings. The molecule has 0 saturated heterocycles. The van der Waals surface area contributed by atoms with E-state index in [4.69, 9.17) is 27.8 Å². The monoisotopic (exact) mass is 314 g/mol. The summed E-state index contributed by atoms with van der Waals surface area (Å²) in [6, 6.07) is 3.78. The second kappa shape index (κ2) is 4.91. The van der Waals surface area contributed by atoms with Crippen LogP contribution in [0.4, 0.5) is 0 Å². The molecule has 0 spiro atoms. The van der Waals surface area contributed by atoms with E-state index in [9.17, 15) is 8.42 Å². The Labute approximate surface area is 113 Å². The van der Waals surface area contributed by atoms with Crippen LogP contribution in [-0.4, -0.2) is 22.9 Å². The Morgan fingerprint density at radius 3 is 2.41 bits per heavy atom. The third-order valence-corrected chi connectivity index (χ3v) is 3.20. The highest BCUT2D eigenvalue weighted by atomic mass is 35.5. The van der Waals surface area contributed by atoms with Crippen molar-refractivity contribution in [1.29, 1.82) is 0 Å². The molecule has 0 unspecified atom stereocenters. The normalized spacial score (nSPS) is 11.2. The molecule has 0 aliphatic carbocycles. The maximum atomic E-state index is 10.9. The fourth-order valence-corrected chi connectivity index (χ4v) is 2.16. The van der Waals surface area contributed by atoms with Crippen molar-refractivity contribution in [3.05, 3.63) is 28.6 Å². The van der Waals surface area contributed by atoms with Gasteiger partial charge in [0.25, 0.3) is 10.1 Å². The van der Waals surface area contributed by atoms with Crippen LogP contribution in [0.5, 0.6) is 0 Å². The van der Waals surface area contributed by atoms with Crippen LogP contribution < -0.4 is 0 Å². The fraction of sp³-hybridized carbons (Fsp3) is 0. The van der Waals surface area contributed by atoms with E-state index >= 15 is 0 Å². The molecule has 0 aliphatic rings. The lowest BCUT2D eigenvalue weighted by Crippen LogP contribution is -1.98. The molecule has 0 aliphatic heterocycles. The minimum Gasteiger partial charge on any atom is -0.282 e. The molecule has 0 saturated carbocycles. The van der Waals surface area contributed by atoms with E-state index in [1.165, 1.54) is 18.2 Å². The number of hydrogen-bond donors (Lipinski definition) is 1. The Balaban J connectivity index is 0.00000144. The third-order valence-electron chi connectivity index (χ3n) is 1.89. The minimum atomic E-state index is -4.27. The first-order valence-corrected chi connectivity index (χ1v) is 6.18. The molecular formula is C8H5Cl3N2O3S. The van der Waals surface area contributed by atoms with Gasteiger partial charge in [0.15, 0.2) is 0 Å². The maximum absolute atomic E-state index is 10.9. The van der Waals surface area contributed by atoms with Gasteiger partial charge in [0.2, 0.25) is 5.28 Å².